The molecule has 0 unspecified atom stereocenters. The van der Waals surface area contributed by atoms with Crippen molar-refractivity contribution in [2.24, 2.45) is 0 Å². The summed E-state index contributed by atoms with van der Waals surface area (Å²) in [4.78, 5) is 2.50. The second-order valence-electron chi connectivity index (χ2n) is 5.49. The average Bonchev–Trinajstić information content (AvgIpc) is 3.07. The second kappa shape index (κ2) is 5.71. The summed E-state index contributed by atoms with van der Waals surface area (Å²) in [6.07, 6.45) is 3.73. The molecule has 3 rings (SSSR count). The van der Waals surface area contributed by atoms with Gasteiger partial charge in [0.2, 0.25) is 0 Å². The molecule has 5 nitrogen and oxygen atoms in total. The quantitative estimate of drug-likeness (QED) is 0.821. The maximum absolute atomic E-state index is 5.89. The predicted octanol–water partition coefficient (Wildman–Crippen LogP) is 2.32. The van der Waals surface area contributed by atoms with E-state index in [0.29, 0.717) is 5.82 Å². The van der Waals surface area contributed by atoms with Crippen molar-refractivity contribution >= 4 is 16.7 Å². The molecule has 2 aromatic rings. The van der Waals surface area contributed by atoms with Crippen LogP contribution in [0.5, 0.6) is 5.75 Å². The third-order valence-electron chi connectivity index (χ3n) is 3.99. The number of anilines is 1. The zero-order chi connectivity index (χ0) is 13.9. The number of ether oxygens (including phenoxy) is 1. The van der Waals surface area contributed by atoms with Crippen LogP contribution < -0.4 is 10.5 Å². The topological polar surface area (TPSA) is 67.2 Å². The summed E-state index contributed by atoms with van der Waals surface area (Å²) in [7, 11) is 0. The molecular formula is C15H22N4O. The Balaban J connectivity index is 1.61. The second-order valence-corrected chi connectivity index (χ2v) is 5.49. The monoisotopic (exact) mass is 274 g/mol. The first-order chi connectivity index (χ1) is 9.75. The lowest BCUT2D eigenvalue weighted by Gasteiger charge is -2.14. The zero-order valence-corrected chi connectivity index (χ0v) is 12.0. The fourth-order valence-corrected chi connectivity index (χ4v) is 2.90. The predicted molar refractivity (Wildman–Crippen MR) is 81.0 cm³/mol. The Labute approximate surface area is 119 Å². The van der Waals surface area contributed by atoms with Gasteiger partial charge in [-0.05, 0) is 50.9 Å². The number of aromatic nitrogens is 2. The molecule has 1 saturated heterocycles. The average molecular weight is 274 g/mol. The van der Waals surface area contributed by atoms with Crippen LogP contribution in [0.1, 0.15) is 24.8 Å². The van der Waals surface area contributed by atoms with E-state index in [2.05, 4.69) is 15.1 Å². The molecule has 2 heterocycles. The number of benzene rings is 1. The molecule has 0 saturated carbocycles. The SMILES string of the molecule is Cc1ccc(OCCCN2CCCC2)c2[nH]nc(N)c12. The lowest BCUT2D eigenvalue weighted by atomic mass is 10.1. The van der Waals surface area contributed by atoms with Crippen LogP contribution in [0, 0.1) is 6.92 Å². The van der Waals surface area contributed by atoms with Gasteiger partial charge in [0, 0.05) is 6.54 Å². The molecule has 1 aliphatic heterocycles. The molecule has 1 aromatic heterocycles. The van der Waals surface area contributed by atoms with E-state index in [9.17, 15) is 0 Å². The van der Waals surface area contributed by atoms with Crippen molar-refractivity contribution in [2.75, 3.05) is 32.0 Å². The number of rotatable bonds is 5. The molecule has 0 radical (unpaired) electrons. The van der Waals surface area contributed by atoms with Crippen LogP contribution in [0.2, 0.25) is 0 Å². The van der Waals surface area contributed by atoms with E-state index in [0.717, 1.165) is 41.8 Å². The van der Waals surface area contributed by atoms with E-state index in [4.69, 9.17) is 10.5 Å². The molecule has 5 heteroatoms. The van der Waals surface area contributed by atoms with Gasteiger partial charge in [0.1, 0.15) is 11.3 Å². The Morgan fingerprint density at radius 2 is 2.15 bits per heavy atom. The van der Waals surface area contributed by atoms with E-state index in [1.807, 2.05) is 19.1 Å². The van der Waals surface area contributed by atoms with Gasteiger partial charge in [-0.25, -0.2) is 0 Å². The Bertz CT molecular complexity index is 587. The molecule has 1 fully saturated rings. The summed E-state index contributed by atoms with van der Waals surface area (Å²) in [6.45, 7) is 6.37. The minimum absolute atomic E-state index is 0.542. The lowest BCUT2D eigenvalue weighted by Crippen LogP contribution is -2.21. The molecule has 1 aromatic carbocycles. The zero-order valence-electron chi connectivity index (χ0n) is 12.0. The van der Waals surface area contributed by atoms with Gasteiger partial charge in [0.25, 0.3) is 0 Å². The van der Waals surface area contributed by atoms with Gasteiger partial charge in [-0.15, -0.1) is 0 Å². The number of nitrogens with zero attached hydrogens (tertiary/aromatic N) is 2. The van der Waals surface area contributed by atoms with E-state index in [1.54, 1.807) is 0 Å². The first-order valence-corrected chi connectivity index (χ1v) is 7.34. The number of nitrogens with two attached hydrogens (primary N) is 1. The highest BCUT2D eigenvalue weighted by Crippen LogP contribution is 2.30. The fraction of sp³-hybridized carbons (Fsp3) is 0.533. The number of aryl methyl sites for hydroxylation is 1. The number of H-pyrrole nitrogens is 1. The van der Waals surface area contributed by atoms with Gasteiger partial charge in [-0.3, -0.25) is 5.10 Å². The Morgan fingerprint density at radius 3 is 2.95 bits per heavy atom. The summed E-state index contributed by atoms with van der Waals surface area (Å²) < 4.78 is 5.89. The summed E-state index contributed by atoms with van der Waals surface area (Å²) >= 11 is 0. The van der Waals surface area contributed by atoms with Gasteiger partial charge in [0.15, 0.2) is 5.82 Å². The van der Waals surface area contributed by atoms with Crippen LogP contribution in [0.4, 0.5) is 5.82 Å². The lowest BCUT2D eigenvalue weighted by molar-refractivity contribution is 0.265. The third kappa shape index (κ3) is 2.58. The summed E-state index contributed by atoms with van der Waals surface area (Å²) in [5.74, 6) is 1.39. The first-order valence-electron chi connectivity index (χ1n) is 7.34. The molecule has 0 aliphatic carbocycles. The fourth-order valence-electron chi connectivity index (χ4n) is 2.90. The molecule has 0 amide bonds. The number of aromatic amines is 1. The van der Waals surface area contributed by atoms with Gasteiger partial charge >= 0.3 is 0 Å². The largest absolute Gasteiger partial charge is 0.491 e. The highest BCUT2D eigenvalue weighted by Gasteiger charge is 2.12. The Morgan fingerprint density at radius 1 is 1.35 bits per heavy atom. The normalized spacial score (nSPS) is 16.1. The van der Waals surface area contributed by atoms with E-state index in [-0.39, 0.29) is 0 Å². The number of hydrogen-bond donors (Lipinski definition) is 2. The van der Waals surface area contributed by atoms with Gasteiger partial charge in [-0.1, -0.05) is 6.07 Å². The summed E-state index contributed by atoms with van der Waals surface area (Å²) in [5.41, 5.74) is 7.91. The standard InChI is InChI=1S/C15H22N4O/c1-11-5-6-12(14-13(11)15(16)18-17-14)20-10-4-9-19-7-2-3-8-19/h5-6H,2-4,7-10H2,1H3,(H3,16,17,18). The number of hydrogen-bond acceptors (Lipinski definition) is 4. The Kier molecular flexibility index (Phi) is 3.78. The Hall–Kier alpha value is -1.75. The van der Waals surface area contributed by atoms with Gasteiger partial charge in [0.05, 0.1) is 12.0 Å². The molecular weight excluding hydrogens is 252 g/mol. The molecule has 3 N–H and O–H groups in total. The van der Waals surface area contributed by atoms with Crippen molar-refractivity contribution in [2.45, 2.75) is 26.2 Å². The van der Waals surface area contributed by atoms with Crippen molar-refractivity contribution in [3.8, 4) is 5.75 Å². The van der Waals surface area contributed by atoms with Crippen LogP contribution in [0.15, 0.2) is 12.1 Å². The highest BCUT2D eigenvalue weighted by molar-refractivity contribution is 5.95. The van der Waals surface area contributed by atoms with Crippen LogP contribution in [0.3, 0.4) is 0 Å². The molecule has 20 heavy (non-hydrogen) atoms. The number of nitrogen functional groups attached to an aromatic ring is 1. The van der Waals surface area contributed by atoms with Crippen LogP contribution in [-0.4, -0.2) is 41.3 Å². The van der Waals surface area contributed by atoms with Crippen molar-refractivity contribution in [1.29, 1.82) is 0 Å². The van der Waals surface area contributed by atoms with Gasteiger partial charge < -0.3 is 15.4 Å². The van der Waals surface area contributed by atoms with E-state index in [1.165, 1.54) is 25.9 Å². The molecule has 1 aliphatic rings. The van der Waals surface area contributed by atoms with Gasteiger partial charge in [-0.2, -0.15) is 5.10 Å². The van der Waals surface area contributed by atoms with E-state index < -0.39 is 0 Å². The van der Waals surface area contributed by atoms with Crippen molar-refractivity contribution in [3.05, 3.63) is 17.7 Å². The molecule has 0 bridgehead atoms. The molecule has 0 spiro atoms. The first kappa shape index (κ1) is 13.2. The smallest absolute Gasteiger partial charge is 0.153 e. The van der Waals surface area contributed by atoms with Crippen molar-refractivity contribution in [3.63, 3.8) is 0 Å². The number of nitrogens with one attached hydrogen (secondary N) is 1. The minimum atomic E-state index is 0.542. The van der Waals surface area contributed by atoms with E-state index >= 15 is 0 Å². The summed E-state index contributed by atoms with van der Waals surface area (Å²) in [6, 6.07) is 4.02. The third-order valence-corrected chi connectivity index (χ3v) is 3.99. The minimum Gasteiger partial charge on any atom is -0.491 e. The van der Waals surface area contributed by atoms with Crippen LogP contribution in [-0.2, 0) is 0 Å². The van der Waals surface area contributed by atoms with Crippen LogP contribution in [0.25, 0.3) is 10.9 Å². The number of fused-ring (bicyclic) bond motifs is 1. The maximum Gasteiger partial charge on any atom is 0.153 e. The van der Waals surface area contributed by atoms with Crippen LogP contribution >= 0.6 is 0 Å². The summed E-state index contributed by atoms with van der Waals surface area (Å²) in [5, 5.41) is 8.02. The number of likely N-dealkylation sites (tertiary alicyclic amines) is 1. The van der Waals surface area contributed by atoms with Crippen molar-refractivity contribution < 1.29 is 4.74 Å². The van der Waals surface area contributed by atoms with Crippen molar-refractivity contribution in [1.82, 2.24) is 15.1 Å². The highest BCUT2D eigenvalue weighted by atomic mass is 16.5. The molecule has 0 atom stereocenters. The molecule has 108 valence electrons. The maximum atomic E-state index is 5.89.